The van der Waals surface area contributed by atoms with Crippen LogP contribution in [0.25, 0.3) is 0 Å². The second-order valence-electron chi connectivity index (χ2n) is 6.33. The van der Waals surface area contributed by atoms with Gasteiger partial charge in [-0.15, -0.1) is 0 Å². The third-order valence-electron chi connectivity index (χ3n) is 4.37. The van der Waals surface area contributed by atoms with Crippen LogP contribution in [0.3, 0.4) is 0 Å². The second kappa shape index (κ2) is 7.37. The molecule has 0 bridgehead atoms. The van der Waals surface area contributed by atoms with Crippen LogP contribution in [0.15, 0.2) is 29.3 Å². The van der Waals surface area contributed by atoms with Crippen molar-refractivity contribution >= 4 is 15.9 Å². The number of amides is 1. The van der Waals surface area contributed by atoms with Gasteiger partial charge in [0.15, 0.2) is 5.69 Å². The summed E-state index contributed by atoms with van der Waals surface area (Å²) in [6.07, 6.45) is -3.88. The van der Waals surface area contributed by atoms with Gasteiger partial charge in [-0.05, 0) is 12.1 Å². The molecule has 158 valence electrons. The zero-order chi connectivity index (χ0) is 21.6. The Morgan fingerprint density at radius 3 is 2.28 bits per heavy atom. The number of aromatic nitrogens is 2. The Morgan fingerprint density at radius 2 is 1.72 bits per heavy atom. The van der Waals surface area contributed by atoms with Gasteiger partial charge in [0.05, 0.1) is 5.56 Å². The first-order valence-corrected chi connectivity index (χ1v) is 9.70. The van der Waals surface area contributed by atoms with Crippen LogP contribution in [0, 0.1) is 11.6 Å². The molecule has 2 aromatic rings. The Labute approximate surface area is 162 Å². The average molecular weight is 438 g/mol. The van der Waals surface area contributed by atoms with E-state index in [-0.39, 0.29) is 26.2 Å². The highest BCUT2D eigenvalue weighted by Crippen LogP contribution is 2.31. The molecule has 1 aromatic heterocycles. The molecular weight excluding hydrogens is 423 g/mol. The first-order chi connectivity index (χ1) is 13.4. The average Bonchev–Trinajstić information content (AvgIpc) is 3.03. The molecule has 13 heteroatoms. The molecule has 7 nitrogen and oxygen atoms in total. The van der Waals surface area contributed by atoms with Crippen LogP contribution in [-0.2, 0) is 23.2 Å². The monoisotopic (exact) mass is 438 g/mol. The van der Waals surface area contributed by atoms with Crippen molar-refractivity contribution in [3.63, 3.8) is 0 Å². The summed E-state index contributed by atoms with van der Waals surface area (Å²) in [5.41, 5.74) is -1.96. The highest BCUT2D eigenvalue weighted by molar-refractivity contribution is 7.89. The zero-order valence-electron chi connectivity index (χ0n) is 14.9. The van der Waals surface area contributed by atoms with Crippen molar-refractivity contribution in [2.24, 2.45) is 7.05 Å². The van der Waals surface area contributed by atoms with Gasteiger partial charge in [0.25, 0.3) is 5.91 Å². The molecule has 0 aliphatic carbocycles. The third kappa shape index (κ3) is 4.10. The maximum Gasteiger partial charge on any atom is 0.435 e. The van der Waals surface area contributed by atoms with Gasteiger partial charge in [0.2, 0.25) is 10.0 Å². The normalized spacial score (nSPS) is 16.3. The molecule has 0 spiro atoms. The van der Waals surface area contributed by atoms with E-state index in [9.17, 15) is 35.2 Å². The van der Waals surface area contributed by atoms with Crippen molar-refractivity contribution in [3.05, 3.63) is 47.3 Å². The van der Waals surface area contributed by atoms with Crippen LogP contribution in [0.2, 0.25) is 0 Å². The molecule has 29 heavy (non-hydrogen) atoms. The van der Waals surface area contributed by atoms with Crippen LogP contribution < -0.4 is 0 Å². The number of alkyl halides is 3. The largest absolute Gasteiger partial charge is 0.435 e. The highest BCUT2D eigenvalue weighted by Gasteiger charge is 2.41. The number of hydrogen-bond donors (Lipinski definition) is 0. The summed E-state index contributed by atoms with van der Waals surface area (Å²) in [5, 5.41) is 3.27. The molecule has 2 heterocycles. The summed E-state index contributed by atoms with van der Waals surface area (Å²) in [7, 11) is -3.05. The summed E-state index contributed by atoms with van der Waals surface area (Å²) >= 11 is 0. The lowest BCUT2D eigenvalue weighted by atomic mass is 10.2. The summed E-state index contributed by atoms with van der Waals surface area (Å²) in [5.74, 6) is -3.13. The third-order valence-corrected chi connectivity index (χ3v) is 6.30. The van der Waals surface area contributed by atoms with Gasteiger partial charge < -0.3 is 4.90 Å². The van der Waals surface area contributed by atoms with Crippen molar-refractivity contribution in [2.45, 2.75) is 11.1 Å². The molecule has 1 amide bonds. The van der Waals surface area contributed by atoms with Gasteiger partial charge in [-0.25, -0.2) is 17.2 Å². The van der Waals surface area contributed by atoms with Crippen LogP contribution in [0.4, 0.5) is 22.0 Å². The fraction of sp³-hybridized carbons (Fsp3) is 0.375. The minimum atomic E-state index is -4.82. The van der Waals surface area contributed by atoms with E-state index in [4.69, 9.17) is 0 Å². The molecule has 1 aliphatic heterocycles. The van der Waals surface area contributed by atoms with E-state index in [0.717, 1.165) is 32.2 Å². The molecule has 0 atom stereocenters. The molecule has 1 saturated heterocycles. The van der Waals surface area contributed by atoms with Crippen molar-refractivity contribution in [1.82, 2.24) is 19.0 Å². The summed E-state index contributed by atoms with van der Waals surface area (Å²) in [4.78, 5) is 12.9. The Balaban J connectivity index is 1.76. The second-order valence-corrected chi connectivity index (χ2v) is 8.24. The van der Waals surface area contributed by atoms with Gasteiger partial charge in [-0.1, -0.05) is 0 Å². The first kappa shape index (κ1) is 21.2. The highest BCUT2D eigenvalue weighted by atomic mass is 32.2. The molecule has 0 saturated carbocycles. The Morgan fingerprint density at radius 1 is 1.10 bits per heavy atom. The number of aryl methyl sites for hydroxylation is 1. The molecule has 1 aliphatic rings. The van der Waals surface area contributed by atoms with E-state index in [1.54, 1.807) is 0 Å². The van der Waals surface area contributed by atoms with Gasteiger partial charge in [0.1, 0.15) is 16.5 Å². The molecule has 3 rings (SSSR count). The number of nitrogens with zero attached hydrogens (tertiary/aromatic N) is 4. The Bertz CT molecular complexity index is 1040. The maximum absolute atomic E-state index is 13.9. The van der Waals surface area contributed by atoms with E-state index < -0.39 is 49.9 Å². The van der Waals surface area contributed by atoms with E-state index in [1.165, 1.54) is 7.05 Å². The van der Waals surface area contributed by atoms with E-state index >= 15 is 0 Å². The number of benzene rings is 1. The zero-order valence-corrected chi connectivity index (χ0v) is 15.8. The van der Waals surface area contributed by atoms with E-state index in [1.807, 2.05) is 0 Å². The van der Waals surface area contributed by atoms with Gasteiger partial charge >= 0.3 is 6.18 Å². The number of rotatable bonds is 3. The lowest BCUT2D eigenvalue weighted by Crippen LogP contribution is -2.50. The number of carbonyl (C=O) groups excluding carboxylic acids is 1. The van der Waals surface area contributed by atoms with Crippen LogP contribution in [0.1, 0.15) is 16.1 Å². The predicted octanol–water partition coefficient (Wildman–Crippen LogP) is 1.86. The Kier molecular flexibility index (Phi) is 5.38. The van der Waals surface area contributed by atoms with Crippen LogP contribution in [0.5, 0.6) is 0 Å². The SMILES string of the molecule is Cn1cc(C(=O)N2CCN(S(=O)(=O)c3ccc(F)cc3F)CC2)c(C(F)(F)F)n1. The molecule has 0 unspecified atom stereocenters. The summed E-state index contributed by atoms with van der Waals surface area (Å²) in [6, 6.07) is 2.04. The van der Waals surface area contributed by atoms with Crippen molar-refractivity contribution in [1.29, 1.82) is 0 Å². The van der Waals surface area contributed by atoms with E-state index in [2.05, 4.69) is 5.10 Å². The molecule has 0 radical (unpaired) electrons. The fourth-order valence-electron chi connectivity index (χ4n) is 2.98. The maximum atomic E-state index is 13.9. The number of hydrogen-bond acceptors (Lipinski definition) is 4. The molecular formula is C16H15F5N4O3S. The van der Waals surface area contributed by atoms with Gasteiger partial charge in [0, 0.05) is 45.5 Å². The summed E-state index contributed by atoms with van der Waals surface area (Å²) in [6.45, 7) is -0.918. The predicted molar refractivity (Wildman–Crippen MR) is 89.2 cm³/mol. The molecule has 1 aromatic carbocycles. The number of halogens is 5. The van der Waals surface area contributed by atoms with Crippen LogP contribution >= 0.6 is 0 Å². The van der Waals surface area contributed by atoms with Crippen molar-refractivity contribution in [3.8, 4) is 0 Å². The van der Waals surface area contributed by atoms with Crippen molar-refractivity contribution in [2.75, 3.05) is 26.2 Å². The lowest BCUT2D eigenvalue weighted by molar-refractivity contribution is -0.141. The van der Waals surface area contributed by atoms with E-state index in [0.29, 0.717) is 6.07 Å². The Hall–Kier alpha value is -2.54. The summed E-state index contributed by atoms with van der Waals surface area (Å²) < 4.78 is 92.9. The van der Waals surface area contributed by atoms with Crippen LogP contribution in [-0.4, -0.2) is 59.5 Å². The number of carbonyl (C=O) groups is 1. The minimum Gasteiger partial charge on any atom is -0.336 e. The van der Waals surface area contributed by atoms with Crippen molar-refractivity contribution < 1.29 is 35.2 Å². The smallest absolute Gasteiger partial charge is 0.336 e. The number of sulfonamides is 1. The molecule has 0 N–H and O–H groups in total. The number of piperazine rings is 1. The van der Waals surface area contributed by atoms with Gasteiger partial charge in [-0.3, -0.25) is 9.48 Å². The molecule has 1 fully saturated rings. The quantitative estimate of drug-likeness (QED) is 0.686. The minimum absolute atomic E-state index is 0.201. The first-order valence-electron chi connectivity index (χ1n) is 8.26. The fourth-order valence-corrected chi connectivity index (χ4v) is 4.45. The lowest BCUT2D eigenvalue weighted by Gasteiger charge is -2.34. The van der Waals surface area contributed by atoms with Gasteiger partial charge in [-0.2, -0.15) is 22.6 Å². The standard InChI is InChI=1S/C16H15F5N4O3S/c1-23-9-11(14(22-23)16(19,20)21)15(26)24-4-6-25(7-5-24)29(27,28)13-3-2-10(17)8-12(13)18/h2-3,8-9H,4-7H2,1H3. The topological polar surface area (TPSA) is 75.5 Å².